The van der Waals surface area contributed by atoms with Gasteiger partial charge in [-0.05, 0) is 39.0 Å². The fourth-order valence-corrected chi connectivity index (χ4v) is 2.06. The van der Waals surface area contributed by atoms with Gasteiger partial charge in [-0.3, -0.25) is 4.79 Å². The summed E-state index contributed by atoms with van der Waals surface area (Å²) in [6.07, 6.45) is 0. The summed E-state index contributed by atoms with van der Waals surface area (Å²) in [6.45, 7) is 4.52. The molecule has 5 nitrogen and oxygen atoms in total. The Labute approximate surface area is 111 Å². The van der Waals surface area contributed by atoms with E-state index in [1.807, 2.05) is 0 Å². The van der Waals surface area contributed by atoms with Gasteiger partial charge in [0.1, 0.15) is 11.6 Å². The van der Waals surface area contributed by atoms with Crippen molar-refractivity contribution in [2.75, 3.05) is 16.8 Å². The van der Waals surface area contributed by atoms with Gasteiger partial charge in [0.15, 0.2) is 9.84 Å². The number of amides is 1. The molecule has 0 fully saturated rings. The molecule has 0 heterocycles. The molecule has 0 aliphatic rings. The van der Waals surface area contributed by atoms with Crippen LogP contribution in [-0.2, 0) is 14.6 Å². The van der Waals surface area contributed by atoms with Crippen LogP contribution in [0.5, 0.6) is 0 Å². The number of rotatable bonds is 3. The van der Waals surface area contributed by atoms with Crippen molar-refractivity contribution in [2.45, 2.75) is 25.5 Å². The van der Waals surface area contributed by atoms with Crippen LogP contribution in [0.4, 0.5) is 15.8 Å². The minimum absolute atomic E-state index is 0.0640. The third-order valence-corrected chi connectivity index (χ3v) is 5.05. The molecule has 0 saturated carbocycles. The molecule has 0 atom stereocenters. The van der Waals surface area contributed by atoms with Gasteiger partial charge in [0.2, 0.25) is 5.91 Å². The van der Waals surface area contributed by atoms with Gasteiger partial charge < -0.3 is 11.1 Å². The topological polar surface area (TPSA) is 89.3 Å². The number of halogens is 1. The van der Waals surface area contributed by atoms with E-state index in [0.29, 0.717) is 0 Å². The van der Waals surface area contributed by atoms with E-state index >= 15 is 0 Å². The number of carbonyl (C=O) groups excluding carboxylic acids is 1. The van der Waals surface area contributed by atoms with Gasteiger partial charge in [-0.2, -0.15) is 0 Å². The molecule has 1 aromatic carbocycles. The number of nitrogens with two attached hydrogens (primary N) is 1. The second kappa shape index (κ2) is 5.16. The average molecular weight is 288 g/mol. The molecule has 1 aromatic rings. The predicted molar refractivity (Wildman–Crippen MR) is 73.0 cm³/mol. The number of nitrogens with one attached hydrogen (secondary N) is 1. The molecule has 0 spiro atoms. The van der Waals surface area contributed by atoms with E-state index in [2.05, 4.69) is 5.32 Å². The second-order valence-electron chi connectivity index (χ2n) is 5.15. The maximum Gasteiger partial charge on any atom is 0.239 e. The zero-order chi connectivity index (χ0) is 14.8. The van der Waals surface area contributed by atoms with Crippen molar-refractivity contribution in [2.24, 2.45) is 0 Å². The monoisotopic (exact) mass is 288 g/mol. The van der Waals surface area contributed by atoms with Crippen LogP contribution in [0.25, 0.3) is 0 Å². The number of benzene rings is 1. The Balaban J connectivity index is 2.85. The summed E-state index contributed by atoms with van der Waals surface area (Å²) in [6, 6.07) is 3.48. The molecular weight excluding hydrogens is 271 g/mol. The number of anilines is 2. The van der Waals surface area contributed by atoms with Crippen LogP contribution in [-0.4, -0.2) is 24.8 Å². The largest absolute Gasteiger partial charge is 0.397 e. The Bertz CT molecular complexity index is 591. The van der Waals surface area contributed by atoms with E-state index in [1.54, 1.807) is 0 Å². The summed E-state index contributed by atoms with van der Waals surface area (Å²) in [5.74, 6) is -1.98. The lowest BCUT2D eigenvalue weighted by molar-refractivity contribution is -0.113. The molecule has 106 valence electrons. The quantitative estimate of drug-likeness (QED) is 0.826. The normalized spacial score (nSPS) is 12.2. The van der Waals surface area contributed by atoms with E-state index in [9.17, 15) is 17.6 Å². The van der Waals surface area contributed by atoms with Crippen molar-refractivity contribution in [1.82, 2.24) is 0 Å². The molecule has 0 aliphatic heterocycles. The van der Waals surface area contributed by atoms with Crippen LogP contribution < -0.4 is 11.1 Å². The number of sulfone groups is 1. The SMILES string of the molecule is CC(C)(C)S(=O)(=O)CC(=O)Nc1cc(F)ccc1N. The van der Waals surface area contributed by atoms with Crippen LogP contribution in [0, 0.1) is 5.82 Å². The Morgan fingerprint density at radius 1 is 1.37 bits per heavy atom. The third kappa shape index (κ3) is 3.92. The summed E-state index contributed by atoms with van der Waals surface area (Å²) in [4.78, 5) is 11.7. The van der Waals surface area contributed by atoms with Gasteiger partial charge in [-0.25, -0.2) is 12.8 Å². The van der Waals surface area contributed by atoms with Crippen molar-refractivity contribution < 1.29 is 17.6 Å². The van der Waals surface area contributed by atoms with Gasteiger partial charge in [0.05, 0.1) is 16.1 Å². The molecule has 0 radical (unpaired) electrons. The van der Waals surface area contributed by atoms with Gasteiger partial charge >= 0.3 is 0 Å². The van der Waals surface area contributed by atoms with Crippen LogP contribution in [0.2, 0.25) is 0 Å². The van der Waals surface area contributed by atoms with Crippen LogP contribution in [0.15, 0.2) is 18.2 Å². The third-order valence-electron chi connectivity index (χ3n) is 2.54. The number of carbonyl (C=O) groups is 1. The molecule has 1 amide bonds. The fraction of sp³-hybridized carbons (Fsp3) is 0.417. The van der Waals surface area contributed by atoms with E-state index in [1.165, 1.54) is 26.8 Å². The van der Waals surface area contributed by atoms with Crippen LogP contribution in [0.3, 0.4) is 0 Å². The molecule has 19 heavy (non-hydrogen) atoms. The molecule has 3 N–H and O–H groups in total. The molecular formula is C12H17FN2O3S. The second-order valence-corrected chi connectivity index (χ2v) is 7.89. The van der Waals surface area contributed by atoms with Crippen molar-refractivity contribution in [3.8, 4) is 0 Å². The van der Waals surface area contributed by atoms with Crippen molar-refractivity contribution in [3.63, 3.8) is 0 Å². The standard InChI is InChI=1S/C12H17FN2O3S/c1-12(2,3)19(17,18)7-11(16)15-10-6-8(13)4-5-9(10)14/h4-6H,7,14H2,1-3H3,(H,15,16). The Kier molecular flexibility index (Phi) is 4.19. The summed E-state index contributed by atoms with van der Waals surface area (Å²) < 4.78 is 35.6. The molecule has 7 heteroatoms. The summed E-state index contributed by atoms with van der Waals surface area (Å²) in [5, 5.41) is 2.30. The van der Waals surface area contributed by atoms with Gasteiger partial charge in [0.25, 0.3) is 0 Å². The van der Waals surface area contributed by atoms with E-state index < -0.39 is 32.1 Å². The highest BCUT2D eigenvalue weighted by Gasteiger charge is 2.31. The average Bonchev–Trinajstić information content (AvgIpc) is 2.21. The first kappa shape index (κ1) is 15.4. The lowest BCUT2D eigenvalue weighted by atomic mass is 10.2. The van der Waals surface area contributed by atoms with E-state index in [0.717, 1.165) is 12.1 Å². The first-order valence-electron chi connectivity index (χ1n) is 5.60. The predicted octanol–water partition coefficient (Wildman–Crippen LogP) is 1.56. The van der Waals surface area contributed by atoms with E-state index in [4.69, 9.17) is 5.73 Å². The first-order chi connectivity index (χ1) is 8.53. The van der Waals surface area contributed by atoms with Gasteiger partial charge in [0, 0.05) is 0 Å². The maximum absolute atomic E-state index is 13.0. The van der Waals surface area contributed by atoms with Crippen LogP contribution in [0.1, 0.15) is 20.8 Å². The molecule has 0 saturated heterocycles. The minimum Gasteiger partial charge on any atom is -0.397 e. The maximum atomic E-state index is 13.0. The number of hydrogen-bond donors (Lipinski definition) is 2. The molecule has 0 bridgehead atoms. The van der Waals surface area contributed by atoms with Gasteiger partial charge in [-0.15, -0.1) is 0 Å². The highest BCUT2D eigenvalue weighted by Crippen LogP contribution is 2.20. The summed E-state index contributed by atoms with van der Waals surface area (Å²) in [7, 11) is -3.59. The lowest BCUT2D eigenvalue weighted by Gasteiger charge is -2.18. The first-order valence-corrected chi connectivity index (χ1v) is 7.25. The molecule has 0 unspecified atom stereocenters. The zero-order valence-corrected chi connectivity index (χ0v) is 11.8. The highest BCUT2D eigenvalue weighted by molar-refractivity contribution is 7.93. The Morgan fingerprint density at radius 3 is 2.47 bits per heavy atom. The molecule has 1 rings (SSSR count). The molecule has 0 aliphatic carbocycles. The van der Waals surface area contributed by atoms with Crippen molar-refractivity contribution in [1.29, 1.82) is 0 Å². The minimum atomic E-state index is -3.59. The molecule has 0 aromatic heterocycles. The smallest absolute Gasteiger partial charge is 0.239 e. The van der Waals surface area contributed by atoms with Crippen molar-refractivity contribution >= 4 is 27.1 Å². The van der Waals surface area contributed by atoms with Gasteiger partial charge in [-0.1, -0.05) is 0 Å². The Hall–Kier alpha value is -1.63. The number of hydrogen-bond acceptors (Lipinski definition) is 4. The zero-order valence-electron chi connectivity index (χ0n) is 11.0. The summed E-state index contributed by atoms with van der Waals surface area (Å²) >= 11 is 0. The lowest BCUT2D eigenvalue weighted by Crippen LogP contribution is -2.35. The van der Waals surface area contributed by atoms with Crippen molar-refractivity contribution in [3.05, 3.63) is 24.0 Å². The van der Waals surface area contributed by atoms with E-state index in [-0.39, 0.29) is 11.4 Å². The highest BCUT2D eigenvalue weighted by atomic mass is 32.2. The van der Waals surface area contributed by atoms with Crippen LogP contribution >= 0.6 is 0 Å². The fourth-order valence-electron chi connectivity index (χ4n) is 1.21. The summed E-state index contributed by atoms with van der Waals surface area (Å²) in [5.41, 5.74) is 5.79. The number of nitrogen functional groups attached to an aromatic ring is 1. The Morgan fingerprint density at radius 2 is 1.95 bits per heavy atom.